The molecular formula is C29H30N4O7S. The van der Waals surface area contributed by atoms with Crippen molar-refractivity contribution in [1.82, 2.24) is 14.9 Å². The number of non-ortho nitro benzene ring substituents is 1. The summed E-state index contributed by atoms with van der Waals surface area (Å²) in [6.07, 6.45) is 1.18. The Labute approximate surface area is 237 Å². The molecule has 1 saturated heterocycles. The highest BCUT2D eigenvalue weighted by atomic mass is 32.2. The van der Waals surface area contributed by atoms with Gasteiger partial charge in [-0.1, -0.05) is 60.7 Å². The Morgan fingerprint density at radius 3 is 2.15 bits per heavy atom. The molecule has 0 bridgehead atoms. The predicted octanol–water partition coefficient (Wildman–Crippen LogP) is 2.40. The van der Waals surface area contributed by atoms with Gasteiger partial charge in [-0.2, -0.15) is 4.31 Å². The van der Waals surface area contributed by atoms with Crippen LogP contribution in [-0.4, -0.2) is 60.4 Å². The Morgan fingerprint density at radius 1 is 0.927 bits per heavy atom. The van der Waals surface area contributed by atoms with Gasteiger partial charge in [0.15, 0.2) is 0 Å². The van der Waals surface area contributed by atoms with Gasteiger partial charge in [0.1, 0.15) is 12.1 Å². The minimum atomic E-state index is -4.16. The lowest BCUT2D eigenvalue weighted by Gasteiger charge is -2.25. The molecule has 3 aromatic carbocycles. The maximum absolute atomic E-state index is 13.4. The van der Waals surface area contributed by atoms with E-state index in [4.69, 9.17) is 0 Å². The largest absolute Gasteiger partial charge is 0.349 e. The van der Waals surface area contributed by atoms with Crippen LogP contribution in [0.4, 0.5) is 5.69 Å². The quantitative estimate of drug-likeness (QED) is 0.190. The minimum absolute atomic E-state index is 0.0410. The van der Waals surface area contributed by atoms with Crippen LogP contribution in [0.15, 0.2) is 89.8 Å². The molecule has 4 rings (SSSR count). The first kappa shape index (κ1) is 29.6. The van der Waals surface area contributed by atoms with Crippen molar-refractivity contribution >= 4 is 33.3 Å². The fourth-order valence-corrected chi connectivity index (χ4v) is 6.36. The van der Waals surface area contributed by atoms with Crippen molar-refractivity contribution in [1.29, 1.82) is 0 Å². The van der Waals surface area contributed by atoms with Gasteiger partial charge >= 0.3 is 0 Å². The lowest BCUT2D eigenvalue weighted by atomic mass is 10.0. The SMILES string of the molecule is O=C(NCCc1ccccc1)C(=O)C(Cc1ccccc1)NC(=O)[C@H]1CCCN1S(=O)(=O)c1ccc([N+](=O)[O-])cc1. The molecule has 1 aliphatic rings. The molecule has 1 unspecified atom stereocenters. The molecule has 41 heavy (non-hydrogen) atoms. The van der Waals surface area contributed by atoms with E-state index in [1.165, 1.54) is 0 Å². The molecule has 214 valence electrons. The first-order valence-corrected chi connectivity index (χ1v) is 14.6. The molecule has 0 saturated carbocycles. The number of nitrogens with zero attached hydrogens (tertiary/aromatic N) is 2. The summed E-state index contributed by atoms with van der Waals surface area (Å²) in [5, 5.41) is 16.2. The summed E-state index contributed by atoms with van der Waals surface area (Å²) < 4.78 is 27.7. The zero-order chi connectivity index (χ0) is 29.4. The number of sulfonamides is 1. The second kappa shape index (κ2) is 13.3. The maximum atomic E-state index is 13.4. The van der Waals surface area contributed by atoms with Crippen molar-refractivity contribution in [3.8, 4) is 0 Å². The summed E-state index contributed by atoms with van der Waals surface area (Å²) in [5.41, 5.74) is 1.44. The fourth-order valence-electron chi connectivity index (χ4n) is 4.70. The Bertz CT molecular complexity index is 1500. The molecule has 2 N–H and O–H groups in total. The zero-order valence-corrected chi connectivity index (χ0v) is 23.0. The normalized spacial score (nSPS) is 16.0. The van der Waals surface area contributed by atoms with Crippen LogP contribution in [0.1, 0.15) is 24.0 Å². The highest BCUT2D eigenvalue weighted by Crippen LogP contribution is 2.27. The van der Waals surface area contributed by atoms with E-state index in [1.54, 1.807) is 30.3 Å². The number of hydrogen-bond acceptors (Lipinski definition) is 7. The van der Waals surface area contributed by atoms with E-state index in [0.29, 0.717) is 18.4 Å². The van der Waals surface area contributed by atoms with E-state index in [-0.39, 0.29) is 36.5 Å². The van der Waals surface area contributed by atoms with Crippen LogP contribution in [0.25, 0.3) is 0 Å². The molecule has 2 atom stereocenters. The summed E-state index contributed by atoms with van der Waals surface area (Å²) in [5.74, 6) is -2.37. The third-order valence-electron chi connectivity index (χ3n) is 6.84. The van der Waals surface area contributed by atoms with Gasteiger partial charge in [-0.3, -0.25) is 24.5 Å². The average molecular weight is 579 g/mol. The van der Waals surface area contributed by atoms with Crippen LogP contribution in [0.2, 0.25) is 0 Å². The van der Waals surface area contributed by atoms with E-state index in [2.05, 4.69) is 10.6 Å². The Kier molecular flexibility index (Phi) is 9.58. The first-order valence-electron chi connectivity index (χ1n) is 13.1. The molecule has 0 radical (unpaired) electrons. The fraction of sp³-hybridized carbons (Fsp3) is 0.276. The van der Waals surface area contributed by atoms with E-state index in [0.717, 1.165) is 34.1 Å². The van der Waals surface area contributed by atoms with Crippen LogP contribution in [0.5, 0.6) is 0 Å². The van der Waals surface area contributed by atoms with E-state index in [9.17, 15) is 32.9 Å². The van der Waals surface area contributed by atoms with Crippen LogP contribution >= 0.6 is 0 Å². The molecule has 0 aliphatic carbocycles. The second-order valence-corrected chi connectivity index (χ2v) is 11.5. The monoisotopic (exact) mass is 578 g/mol. The number of nitrogens with one attached hydrogen (secondary N) is 2. The lowest BCUT2D eigenvalue weighted by Crippen LogP contribution is -2.54. The number of carbonyl (C=O) groups is 3. The van der Waals surface area contributed by atoms with Crippen LogP contribution < -0.4 is 10.6 Å². The zero-order valence-electron chi connectivity index (χ0n) is 22.1. The number of hydrogen-bond donors (Lipinski definition) is 2. The van der Waals surface area contributed by atoms with Gasteiger partial charge in [-0.15, -0.1) is 0 Å². The number of amides is 2. The van der Waals surface area contributed by atoms with Crippen molar-refractivity contribution in [2.24, 2.45) is 0 Å². The molecule has 1 aliphatic heterocycles. The number of ketones is 1. The molecule has 11 nitrogen and oxygen atoms in total. The number of benzene rings is 3. The van der Waals surface area contributed by atoms with Crippen molar-refractivity contribution < 1.29 is 27.7 Å². The maximum Gasteiger partial charge on any atom is 0.289 e. The third-order valence-corrected chi connectivity index (χ3v) is 8.76. The van der Waals surface area contributed by atoms with Gasteiger partial charge in [-0.25, -0.2) is 8.42 Å². The molecule has 3 aromatic rings. The van der Waals surface area contributed by atoms with Gasteiger partial charge in [0, 0.05) is 31.6 Å². The number of rotatable bonds is 12. The minimum Gasteiger partial charge on any atom is -0.349 e. The van der Waals surface area contributed by atoms with Gasteiger partial charge in [-0.05, 0) is 42.5 Å². The van der Waals surface area contributed by atoms with Crippen molar-refractivity contribution in [2.45, 2.75) is 42.7 Å². The summed E-state index contributed by atoms with van der Waals surface area (Å²) in [6.45, 7) is 0.291. The van der Waals surface area contributed by atoms with Crippen molar-refractivity contribution in [3.63, 3.8) is 0 Å². The molecule has 1 heterocycles. The summed E-state index contributed by atoms with van der Waals surface area (Å²) in [6, 6.07) is 20.4. The van der Waals surface area contributed by atoms with Crippen LogP contribution in [0.3, 0.4) is 0 Å². The molecule has 1 fully saturated rings. The standard InChI is InChI=1S/C29H30N4O7S/c34-27(29(36)30-18-17-21-8-3-1-4-9-21)25(20-22-10-5-2-6-11-22)31-28(35)26-12-7-19-32(26)41(39,40)24-15-13-23(14-16-24)33(37)38/h1-6,8-11,13-16,25-26H,7,12,17-20H2,(H,30,36)(H,31,35)/t25?,26-/m1/s1. The average Bonchev–Trinajstić information content (AvgIpc) is 3.49. The van der Waals surface area contributed by atoms with Crippen LogP contribution in [-0.2, 0) is 37.2 Å². The molecule has 0 spiro atoms. The van der Waals surface area contributed by atoms with Gasteiger partial charge in [0.05, 0.1) is 9.82 Å². The molecule has 12 heteroatoms. The summed E-state index contributed by atoms with van der Waals surface area (Å²) in [4.78, 5) is 49.6. The molecule has 2 amide bonds. The Hall–Kier alpha value is -4.42. The molecule has 0 aromatic heterocycles. The van der Waals surface area contributed by atoms with Gasteiger partial charge in [0.2, 0.25) is 21.7 Å². The highest BCUT2D eigenvalue weighted by Gasteiger charge is 2.41. The number of Topliss-reactive ketones (excluding diaryl/α,β-unsaturated/α-hetero) is 1. The number of nitro groups is 1. The lowest BCUT2D eigenvalue weighted by molar-refractivity contribution is -0.384. The summed E-state index contributed by atoms with van der Waals surface area (Å²) >= 11 is 0. The topological polar surface area (TPSA) is 156 Å². The smallest absolute Gasteiger partial charge is 0.289 e. The van der Waals surface area contributed by atoms with E-state index >= 15 is 0 Å². The number of nitro benzene ring substituents is 1. The number of carbonyl (C=O) groups excluding carboxylic acids is 3. The van der Waals surface area contributed by atoms with Crippen molar-refractivity contribution in [3.05, 3.63) is 106 Å². The highest BCUT2D eigenvalue weighted by molar-refractivity contribution is 7.89. The summed E-state index contributed by atoms with van der Waals surface area (Å²) in [7, 11) is -4.16. The van der Waals surface area contributed by atoms with E-state index < -0.39 is 44.6 Å². The first-order chi connectivity index (χ1) is 19.7. The Balaban J connectivity index is 1.48. The van der Waals surface area contributed by atoms with Gasteiger partial charge in [0.25, 0.3) is 11.6 Å². The van der Waals surface area contributed by atoms with E-state index in [1.807, 2.05) is 30.3 Å². The van der Waals surface area contributed by atoms with Gasteiger partial charge < -0.3 is 10.6 Å². The predicted molar refractivity (Wildman–Crippen MR) is 150 cm³/mol. The van der Waals surface area contributed by atoms with Crippen LogP contribution in [0, 0.1) is 10.1 Å². The third kappa shape index (κ3) is 7.41. The molecular weight excluding hydrogens is 548 g/mol. The Morgan fingerprint density at radius 2 is 1.54 bits per heavy atom. The second-order valence-electron chi connectivity index (χ2n) is 9.63. The van der Waals surface area contributed by atoms with Crippen molar-refractivity contribution in [2.75, 3.05) is 13.1 Å².